The average Bonchev–Trinajstić information content (AvgIpc) is 2.76. The number of rotatable bonds is 5. The lowest BCUT2D eigenvalue weighted by Gasteiger charge is -2.34. The molecule has 1 saturated heterocycles. The Hall–Kier alpha value is -0.580. The molecule has 104 valence electrons. The van der Waals surface area contributed by atoms with E-state index < -0.39 is 0 Å². The van der Waals surface area contributed by atoms with Gasteiger partial charge in [-0.15, -0.1) is 12.4 Å². The Morgan fingerprint density at radius 2 is 2.17 bits per heavy atom. The highest BCUT2D eigenvalue weighted by molar-refractivity contribution is 5.85. The van der Waals surface area contributed by atoms with E-state index in [2.05, 4.69) is 33.7 Å². The predicted molar refractivity (Wildman–Crippen MR) is 77.0 cm³/mol. The molecule has 0 atom stereocenters. The Labute approximate surface area is 116 Å². The smallest absolute Gasteiger partial charge is 0.0945 e. The molecule has 0 unspecified atom stereocenters. The number of hydrogen-bond acceptors (Lipinski definition) is 3. The number of piperidine rings is 1. The Morgan fingerprint density at radius 1 is 1.44 bits per heavy atom. The second kappa shape index (κ2) is 7.77. The minimum atomic E-state index is 0. The molecule has 0 amide bonds. The predicted octanol–water partition coefficient (Wildman–Crippen LogP) is 1.81. The van der Waals surface area contributed by atoms with Crippen molar-refractivity contribution in [1.82, 2.24) is 19.8 Å². The Bertz CT molecular complexity index is 333. The number of aromatic nitrogens is 2. The highest BCUT2D eigenvalue weighted by Gasteiger charge is 2.20. The summed E-state index contributed by atoms with van der Waals surface area (Å²) in [6.07, 6.45) is 7.66. The number of halogens is 1. The van der Waals surface area contributed by atoms with Crippen LogP contribution in [-0.4, -0.2) is 40.1 Å². The van der Waals surface area contributed by atoms with Crippen LogP contribution in [0.25, 0.3) is 0 Å². The maximum atomic E-state index is 4.20. The normalized spacial score (nSPS) is 16.8. The van der Waals surface area contributed by atoms with E-state index in [1.165, 1.54) is 31.5 Å². The summed E-state index contributed by atoms with van der Waals surface area (Å²) in [5.74, 6) is 0. The lowest BCUT2D eigenvalue weighted by molar-refractivity contribution is 0.151. The van der Waals surface area contributed by atoms with Crippen LogP contribution in [0.4, 0.5) is 0 Å². The van der Waals surface area contributed by atoms with Gasteiger partial charge in [-0.05, 0) is 38.9 Å². The minimum Gasteiger partial charge on any atom is -0.337 e. The topological polar surface area (TPSA) is 33.1 Å². The van der Waals surface area contributed by atoms with Crippen LogP contribution in [0.15, 0.2) is 12.5 Å². The van der Waals surface area contributed by atoms with Crippen molar-refractivity contribution in [3.05, 3.63) is 18.2 Å². The van der Waals surface area contributed by atoms with Crippen LogP contribution < -0.4 is 5.32 Å². The van der Waals surface area contributed by atoms with Crippen LogP contribution in [0, 0.1) is 0 Å². The SMILES string of the molecule is CCCN(Cc1cncn1C)C1CCNCC1.Cl. The van der Waals surface area contributed by atoms with E-state index in [1.807, 2.05) is 12.5 Å². The fourth-order valence-corrected chi connectivity index (χ4v) is 2.59. The van der Waals surface area contributed by atoms with Gasteiger partial charge in [-0.2, -0.15) is 0 Å². The summed E-state index contributed by atoms with van der Waals surface area (Å²) >= 11 is 0. The van der Waals surface area contributed by atoms with Crippen molar-refractivity contribution in [3.8, 4) is 0 Å². The summed E-state index contributed by atoms with van der Waals surface area (Å²) in [4.78, 5) is 6.83. The molecule has 0 radical (unpaired) electrons. The zero-order valence-corrected chi connectivity index (χ0v) is 12.2. The lowest BCUT2D eigenvalue weighted by atomic mass is 10.0. The van der Waals surface area contributed by atoms with E-state index in [0.717, 1.165) is 25.7 Å². The van der Waals surface area contributed by atoms with Crippen LogP contribution >= 0.6 is 12.4 Å². The summed E-state index contributed by atoms with van der Waals surface area (Å²) in [5.41, 5.74) is 1.32. The zero-order chi connectivity index (χ0) is 12.1. The molecule has 2 heterocycles. The van der Waals surface area contributed by atoms with Gasteiger partial charge >= 0.3 is 0 Å². The van der Waals surface area contributed by atoms with Gasteiger partial charge in [-0.1, -0.05) is 6.92 Å². The van der Waals surface area contributed by atoms with Gasteiger partial charge in [0.05, 0.1) is 12.0 Å². The third-order valence-corrected chi connectivity index (χ3v) is 3.62. The molecule has 1 aliphatic heterocycles. The van der Waals surface area contributed by atoms with Gasteiger partial charge in [0.15, 0.2) is 0 Å². The van der Waals surface area contributed by atoms with Crippen molar-refractivity contribution in [2.24, 2.45) is 7.05 Å². The summed E-state index contributed by atoms with van der Waals surface area (Å²) in [5, 5.41) is 3.44. The van der Waals surface area contributed by atoms with E-state index in [9.17, 15) is 0 Å². The van der Waals surface area contributed by atoms with Gasteiger partial charge in [0.25, 0.3) is 0 Å². The molecule has 0 saturated carbocycles. The first-order valence-electron chi connectivity index (χ1n) is 6.71. The van der Waals surface area contributed by atoms with Crippen LogP contribution in [-0.2, 0) is 13.6 Å². The van der Waals surface area contributed by atoms with Crippen molar-refractivity contribution in [2.75, 3.05) is 19.6 Å². The molecule has 2 rings (SSSR count). The molecule has 1 aromatic heterocycles. The largest absolute Gasteiger partial charge is 0.337 e. The van der Waals surface area contributed by atoms with Gasteiger partial charge in [-0.3, -0.25) is 4.90 Å². The Kier molecular flexibility index (Phi) is 6.68. The van der Waals surface area contributed by atoms with Gasteiger partial charge in [-0.25, -0.2) is 4.98 Å². The Morgan fingerprint density at radius 3 is 2.72 bits per heavy atom. The third kappa shape index (κ3) is 3.97. The minimum absolute atomic E-state index is 0. The molecule has 1 N–H and O–H groups in total. The monoisotopic (exact) mass is 272 g/mol. The summed E-state index contributed by atoms with van der Waals surface area (Å²) in [6.45, 7) is 6.81. The molecule has 0 aliphatic carbocycles. The van der Waals surface area contributed by atoms with Crippen LogP contribution in [0.5, 0.6) is 0 Å². The lowest BCUT2D eigenvalue weighted by Crippen LogP contribution is -2.43. The van der Waals surface area contributed by atoms with Crippen molar-refractivity contribution in [3.63, 3.8) is 0 Å². The van der Waals surface area contributed by atoms with E-state index in [1.54, 1.807) is 0 Å². The van der Waals surface area contributed by atoms with Gasteiger partial charge < -0.3 is 9.88 Å². The second-order valence-corrected chi connectivity index (χ2v) is 4.95. The maximum absolute atomic E-state index is 4.20. The summed E-state index contributed by atoms with van der Waals surface area (Å²) in [6, 6.07) is 0.742. The van der Waals surface area contributed by atoms with E-state index in [4.69, 9.17) is 0 Å². The molecular weight excluding hydrogens is 248 g/mol. The fraction of sp³-hybridized carbons (Fsp3) is 0.769. The van der Waals surface area contributed by atoms with Crippen molar-refractivity contribution in [2.45, 2.75) is 38.8 Å². The average molecular weight is 273 g/mol. The van der Waals surface area contributed by atoms with Gasteiger partial charge in [0.2, 0.25) is 0 Å². The first-order chi connectivity index (χ1) is 8.31. The number of hydrogen-bond donors (Lipinski definition) is 1. The van der Waals surface area contributed by atoms with Gasteiger partial charge in [0, 0.05) is 25.8 Å². The quantitative estimate of drug-likeness (QED) is 0.888. The molecular formula is C13H25ClN4. The van der Waals surface area contributed by atoms with Crippen LogP contribution in [0.2, 0.25) is 0 Å². The van der Waals surface area contributed by atoms with Crippen molar-refractivity contribution in [1.29, 1.82) is 0 Å². The number of aryl methyl sites for hydroxylation is 1. The molecule has 4 nitrogen and oxygen atoms in total. The summed E-state index contributed by atoms with van der Waals surface area (Å²) < 4.78 is 2.13. The zero-order valence-electron chi connectivity index (χ0n) is 11.4. The fourth-order valence-electron chi connectivity index (χ4n) is 2.59. The van der Waals surface area contributed by atoms with Crippen LogP contribution in [0.1, 0.15) is 31.9 Å². The molecule has 1 aromatic rings. The van der Waals surface area contributed by atoms with Gasteiger partial charge in [0.1, 0.15) is 0 Å². The Balaban J connectivity index is 0.00000162. The first-order valence-corrected chi connectivity index (χ1v) is 6.71. The van der Waals surface area contributed by atoms with E-state index in [0.29, 0.717) is 0 Å². The third-order valence-electron chi connectivity index (χ3n) is 3.62. The number of nitrogens with one attached hydrogen (secondary N) is 1. The van der Waals surface area contributed by atoms with E-state index >= 15 is 0 Å². The molecule has 0 spiro atoms. The molecule has 18 heavy (non-hydrogen) atoms. The standard InChI is InChI=1S/C13H24N4.ClH/c1-3-8-17(12-4-6-14-7-5-12)10-13-9-15-11-16(13)2;/h9,11-12,14H,3-8,10H2,1-2H3;1H. The molecule has 5 heteroatoms. The first kappa shape index (κ1) is 15.5. The molecule has 1 fully saturated rings. The van der Waals surface area contributed by atoms with E-state index in [-0.39, 0.29) is 12.4 Å². The summed E-state index contributed by atoms with van der Waals surface area (Å²) in [7, 11) is 2.08. The highest BCUT2D eigenvalue weighted by atomic mass is 35.5. The number of imidazole rings is 1. The maximum Gasteiger partial charge on any atom is 0.0945 e. The highest BCUT2D eigenvalue weighted by Crippen LogP contribution is 2.15. The van der Waals surface area contributed by atoms with Crippen molar-refractivity contribution >= 4 is 12.4 Å². The number of nitrogens with zero attached hydrogens (tertiary/aromatic N) is 3. The molecule has 0 bridgehead atoms. The molecule has 1 aliphatic rings. The van der Waals surface area contributed by atoms with Crippen LogP contribution in [0.3, 0.4) is 0 Å². The second-order valence-electron chi connectivity index (χ2n) is 4.95. The molecule has 0 aromatic carbocycles. The van der Waals surface area contributed by atoms with Crippen molar-refractivity contribution < 1.29 is 0 Å².